The molecule has 0 radical (unpaired) electrons. The predicted molar refractivity (Wildman–Crippen MR) is 108 cm³/mol. The number of pyridine rings is 1. The molecule has 1 N–H and O–H groups in total. The minimum Gasteiger partial charge on any atom is -0.472 e. The van der Waals surface area contributed by atoms with Crippen LogP contribution in [0.5, 0.6) is 5.88 Å². The number of carbonyl (C=O) groups excluding carboxylic acids is 1. The molecule has 1 amide bonds. The maximum Gasteiger partial charge on any atom is 0.289 e. The second-order valence-corrected chi connectivity index (χ2v) is 7.67. The molecular formula is C22H24N4O3. The number of H-pyrrole nitrogens is 1. The molecule has 2 saturated heterocycles. The number of aromatic amines is 1. The van der Waals surface area contributed by atoms with E-state index in [0.29, 0.717) is 30.7 Å². The molecule has 5 rings (SSSR count). The lowest BCUT2D eigenvalue weighted by atomic mass is 9.92. The van der Waals surface area contributed by atoms with Crippen LogP contribution in [-0.4, -0.2) is 58.2 Å². The molecule has 7 nitrogen and oxygen atoms in total. The van der Waals surface area contributed by atoms with Crippen LogP contribution in [0.2, 0.25) is 0 Å². The summed E-state index contributed by atoms with van der Waals surface area (Å²) in [5.41, 5.74) is 2.83. The zero-order chi connectivity index (χ0) is 19.6. The lowest BCUT2D eigenvalue weighted by molar-refractivity contribution is 0.0755. The topological polar surface area (TPSA) is 80.3 Å². The average molecular weight is 392 g/mol. The minimum atomic E-state index is -0.0852. The summed E-state index contributed by atoms with van der Waals surface area (Å²) in [5.74, 6) is 1.41. The number of benzene rings is 1. The van der Waals surface area contributed by atoms with Crippen LogP contribution in [0, 0.1) is 0 Å². The number of hydrogen-bond donors (Lipinski definition) is 1. The van der Waals surface area contributed by atoms with Crippen LogP contribution in [-0.2, 0) is 4.74 Å². The van der Waals surface area contributed by atoms with Crippen LogP contribution in [0.4, 0.5) is 0 Å². The number of nitrogens with one attached hydrogen (secondary N) is 1. The Labute approximate surface area is 169 Å². The SMILES string of the molecule is O=C(c1nc2ccccc2[nH]1)N1CC[C@H](Oc2ncccc2C2CCOCC2)C1. The van der Waals surface area contributed by atoms with E-state index in [1.165, 1.54) is 0 Å². The second kappa shape index (κ2) is 7.83. The van der Waals surface area contributed by atoms with Gasteiger partial charge in [0.25, 0.3) is 5.91 Å². The van der Waals surface area contributed by atoms with E-state index in [9.17, 15) is 4.79 Å². The fourth-order valence-corrected chi connectivity index (χ4v) is 4.19. The highest BCUT2D eigenvalue weighted by Crippen LogP contribution is 2.33. The van der Waals surface area contributed by atoms with E-state index >= 15 is 0 Å². The summed E-state index contributed by atoms with van der Waals surface area (Å²) < 4.78 is 11.7. The number of para-hydroxylation sites is 2. The molecule has 7 heteroatoms. The largest absolute Gasteiger partial charge is 0.472 e. The summed E-state index contributed by atoms with van der Waals surface area (Å²) in [7, 11) is 0. The summed E-state index contributed by atoms with van der Waals surface area (Å²) in [6, 6.07) is 11.7. The molecule has 0 spiro atoms. The molecule has 1 atom stereocenters. The lowest BCUT2D eigenvalue weighted by Gasteiger charge is -2.24. The van der Waals surface area contributed by atoms with Crippen LogP contribution < -0.4 is 4.74 Å². The molecule has 0 aliphatic carbocycles. The molecule has 29 heavy (non-hydrogen) atoms. The molecule has 0 bridgehead atoms. The van der Waals surface area contributed by atoms with E-state index < -0.39 is 0 Å². The summed E-state index contributed by atoms with van der Waals surface area (Å²) >= 11 is 0. The summed E-state index contributed by atoms with van der Waals surface area (Å²) in [6.45, 7) is 2.75. The Bertz CT molecular complexity index is 979. The fraction of sp³-hybridized carbons (Fsp3) is 0.409. The van der Waals surface area contributed by atoms with E-state index in [0.717, 1.165) is 49.1 Å². The Morgan fingerprint density at radius 1 is 1.14 bits per heavy atom. The van der Waals surface area contributed by atoms with Crippen molar-refractivity contribution in [2.24, 2.45) is 0 Å². The van der Waals surface area contributed by atoms with E-state index in [1.807, 2.05) is 30.3 Å². The van der Waals surface area contributed by atoms with Crippen molar-refractivity contribution in [3.8, 4) is 5.88 Å². The van der Waals surface area contributed by atoms with E-state index in [2.05, 4.69) is 21.0 Å². The van der Waals surface area contributed by atoms with Gasteiger partial charge >= 0.3 is 0 Å². The molecule has 2 fully saturated rings. The smallest absolute Gasteiger partial charge is 0.289 e. The Hall–Kier alpha value is -2.93. The first kappa shape index (κ1) is 18.1. The van der Waals surface area contributed by atoms with Gasteiger partial charge in [-0.15, -0.1) is 0 Å². The zero-order valence-corrected chi connectivity index (χ0v) is 16.2. The zero-order valence-electron chi connectivity index (χ0n) is 16.2. The van der Waals surface area contributed by atoms with Gasteiger partial charge in [-0.2, -0.15) is 0 Å². The van der Waals surface area contributed by atoms with Crippen molar-refractivity contribution < 1.29 is 14.3 Å². The van der Waals surface area contributed by atoms with Crippen LogP contribution in [0.3, 0.4) is 0 Å². The third-order valence-electron chi connectivity index (χ3n) is 5.76. The van der Waals surface area contributed by atoms with Crippen molar-refractivity contribution in [2.75, 3.05) is 26.3 Å². The number of fused-ring (bicyclic) bond motifs is 1. The maximum absolute atomic E-state index is 12.9. The van der Waals surface area contributed by atoms with E-state index in [1.54, 1.807) is 11.1 Å². The molecule has 1 aromatic carbocycles. The number of carbonyl (C=O) groups is 1. The summed E-state index contributed by atoms with van der Waals surface area (Å²) in [5, 5.41) is 0. The standard InChI is InChI=1S/C22H24N4O3/c27-22(20-24-18-5-1-2-6-19(18)25-20)26-11-7-16(14-26)29-21-17(4-3-10-23-21)15-8-12-28-13-9-15/h1-6,10,15-16H,7-9,11-14H2,(H,24,25)/t16-/m0/s1. The molecule has 4 heterocycles. The van der Waals surface area contributed by atoms with E-state index in [-0.39, 0.29) is 12.0 Å². The average Bonchev–Trinajstić information content (AvgIpc) is 3.41. The normalized spacial score (nSPS) is 20.3. The van der Waals surface area contributed by atoms with Crippen LogP contribution in [0.15, 0.2) is 42.6 Å². The lowest BCUT2D eigenvalue weighted by Crippen LogP contribution is -2.31. The number of aromatic nitrogens is 3. The van der Waals surface area contributed by atoms with Crippen molar-refractivity contribution in [2.45, 2.75) is 31.3 Å². The molecule has 3 aromatic rings. The molecule has 0 saturated carbocycles. The first-order valence-electron chi connectivity index (χ1n) is 10.2. The van der Waals surface area contributed by atoms with Crippen molar-refractivity contribution in [1.29, 1.82) is 0 Å². The number of imidazole rings is 1. The van der Waals surface area contributed by atoms with Gasteiger partial charge in [-0.1, -0.05) is 18.2 Å². The molecule has 2 aromatic heterocycles. The molecule has 150 valence electrons. The Morgan fingerprint density at radius 3 is 2.86 bits per heavy atom. The van der Waals surface area contributed by atoms with Gasteiger partial charge in [-0.25, -0.2) is 9.97 Å². The van der Waals surface area contributed by atoms with Crippen molar-refractivity contribution in [1.82, 2.24) is 19.9 Å². The first-order valence-corrected chi connectivity index (χ1v) is 10.2. The third-order valence-corrected chi connectivity index (χ3v) is 5.76. The van der Waals surface area contributed by atoms with Gasteiger partial charge in [0, 0.05) is 37.9 Å². The number of ether oxygens (including phenoxy) is 2. The van der Waals surface area contributed by atoms with E-state index in [4.69, 9.17) is 9.47 Å². The minimum absolute atomic E-state index is 0.0585. The highest BCUT2D eigenvalue weighted by atomic mass is 16.5. The van der Waals surface area contributed by atoms with Gasteiger partial charge in [-0.05, 0) is 37.0 Å². The number of amides is 1. The summed E-state index contributed by atoms with van der Waals surface area (Å²) in [6.07, 6.45) is 4.48. The van der Waals surface area contributed by atoms with Gasteiger partial charge in [-0.3, -0.25) is 4.79 Å². The van der Waals surface area contributed by atoms with Gasteiger partial charge in [0.2, 0.25) is 5.88 Å². The first-order chi connectivity index (χ1) is 14.3. The highest BCUT2D eigenvalue weighted by molar-refractivity contribution is 5.94. The monoisotopic (exact) mass is 392 g/mol. The Kier molecular flexibility index (Phi) is 4.89. The highest BCUT2D eigenvalue weighted by Gasteiger charge is 2.31. The predicted octanol–water partition coefficient (Wildman–Crippen LogP) is 3.15. The van der Waals surface area contributed by atoms with Crippen LogP contribution in [0.25, 0.3) is 11.0 Å². The molecule has 2 aliphatic heterocycles. The third kappa shape index (κ3) is 3.70. The maximum atomic E-state index is 12.9. The van der Waals surface area contributed by atoms with Crippen molar-refractivity contribution in [3.05, 3.63) is 54.0 Å². The van der Waals surface area contributed by atoms with Gasteiger partial charge in [0.05, 0.1) is 17.6 Å². The number of hydrogen-bond acceptors (Lipinski definition) is 5. The van der Waals surface area contributed by atoms with Gasteiger partial charge in [0.1, 0.15) is 6.10 Å². The second-order valence-electron chi connectivity index (χ2n) is 7.67. The van der Waals surface area contributed by atoms with Gasteiger partial charge in [0.15, 0.2) is 5.82 Å². The fourth-order valence-electron chi connectivity index (χ4n) is 4.19. The number of likely N-dealkylation sites (tertiary alicyclic amines) is 1. The van der Waals surface area contributed by atoms with Crippen LogP contribution >= 0.6 is 0 Å². The Balaban J connectivity index is 1.27. The van der Waals surface area contributed by atoms with Crippen molar-refractivity contribution >= 4 is 16.9 Å². The van der Waals surface area contributed by atoms with Gasteiger partial charge < -0.3 is 19.4 Å². The summed E-state index contributed by atoms with van der Waals surface area (Å²) in [4.78, 5) is 26.7. The number of nitrogens with zero attached hydrogens (tertiary/aromatic N) is 3. The number of rotatable bonds is 4. The quantitative estimate of drug-likeness (QED) is 0.738. The van der Waals surface area contributed by atoms with Crippen LogP contribution in [0.1, 0.15) is 41.4 Å². The molecule has 2 aliphatic rings. The Morgan fingerprint density at radius 2 is 2.00 bits per heavy atom. The molecular weight excluding hydrogens is 368 g/mol. The molecule has 0 unspecified atom stereocenters. The van der Waals surface area contributed by atoms with Crippen molar-refractivity contribution in [3.63, 3.8) is 0 Å².